The van der Waals surface area contributed by atoms with Gasteiger partial charge in [-0.3, -0.25) is 4.98 Å². The molecule has 0 bridgehead atoms. The molecule has 2 heterocycles. The number of hydrogen-bond acceptors (Lipinski definition) is 4. The molecule has 1 N–H and O–H groups in total. The molecule has 0 atom stereocenters. The number of pyridine rings is 1. The van der Waals surface area contributed by atoms with Crippen molar-refractivity contribution in [3.05, 3.63) is 23.9 Å². The van der Waals surface area contributed by atoms with Gasteiger partial charge in [0.15, 0.2) is 0 Å². The lowest BCUT2D eigenvalue weighted by molar-refractivity contribution is 0.466. The van der Waals surface area contributed by atoms with E-state index in [9.17, 15) is 5.11 Å². The van der Waals surface area contributed by atoms with E-state index in [0.717, 1.165) is 5.82 Å². The smallest absolute Gasteiger partial charge is 0.148 e. The van der Waals surface area contributed by atoms with Crippen molar-refractivity contribution in [1.29, 1.82) is 0 Å². The molecule has 0 aliphatic carbocycles. The Hall–Kier alpha value is -1.71. The zero-order valence-electron chi connectivity index (χ0n) is 10.6. The van der Waals surface area contributed by atoms with Crippen molar-refractivity contribution in [2.24, 2.45) is 0 Å². The summed E-state index contributed by atoms with van der Waals surface area (Å²) in [6.45, 7) is 8.07. The number of aromatic hydroxyl groups is 1. The SMILES string of the molecule is CC(C)c1ncc2c(O)c(C(C)C)ncc2n1. The van der Waals surface area contributed by atoms with Gasteiger partial charge in [0.25, 0.3) is 0 Å². The van der Waals surface area contributed by atoms with E-state index in [1.54, 1.807) is 12.4 Å². The summed E-state index contributed by atoms with van der Waals surface area (Å²) < 4.78 is 0. The lowest BCUT2D eigenvalue weighted by Crippen LogP contribution is -2.00. The summed E-state index contributed by atoms with van der Waals surface area (Å²) in [6.07, 6.45) is 3.39. The van der Waals surface area contributed by atoms with Crippen LogP contribution in [0, 0.1) is 0 Å². The third kappa shape index (κ3) is 2.07. The van der Waals surface area contributed by atoms with Gasteiger partial charge in [-0.2, -0.15) is 0 Å². The number of fused-ring (bicyclic) bond motifs is 1. The zero-order chi connectivity index (χ0) is 12.6. The summed E-state index contributed by atoms with van der Waals surface area (Å²) in [7, 11) is 0. The molecule has 0 saturated carbocycles. The summed E-state index contributed by atoms with van der Waals surface area (Å²) in [6, 6.07) is 0. The maximum Gasteiger partial charge on any atom is 0.148 e. The highest BCUT2D eigenvalue weighted by Gasteiger charge is 2.13. The predicted molar refractivity (Wildman–Crippen MR) is 67.2 cm³/mol. The molecule has 0 aliphatic rings. The largest absolute Gasteiger partial charge is 0.505 e. The standard InChI is InChI=1S/C13H17N3O/c1-7(2)11-12(17)9-5-15-13(8(3)4)16-10(9)6-14-11/h5-8,17H,1-4H3. The average molecular weight is 231 g/mol. The summed E-state index contributed by atoms with van der Waals surface area (Å²) in [5.74, 6) is 1.43. The highest BCUT2D eigenvalue weighted by Crippen LogP contribution is 2.30. The highest BCUT2D eigenvalue weighted by molar-refractivity contribution is 5.84. The Morgan fingerprint density at radius 2 is 1.71 bits per heavy atom. The number of aromatic nitrogens is 3. The minimum absolute atomic E-state index is 0.184. The maximum atomic E-state index is 10.1. The first kappa shape index (κ1) is 11.8. The van der Waals surface area contributed by atoms with Crippen LogP contribution in [0.3, 0.4) is 0 Å². The molecule has 0 saturated heterocycles. The first-order chi connectivity index (χ1) is 8.00. The molecule has 2 rings (SSSR count). The Morgan fingerprint density at radius 1 is 1.00 bits per heavy atom. The normalized spacial score (nSPS) is 11.6. The fourth-order valence-electron chi connectivity index (χ4n) is 1.72. The molecule has 0 radical (unpaired) electrons. The molecule has 0 amide bonds. The van der Waals surface area contributed by atoms with Crippen LogP contribution < -0.4 is 0 Å². The number of rotatable bonds is 2. The van der Waals surface area contributed by atoms with Gasteiger partial charge in [-0.05, 0) is 5.92 Å². The molecule has 2 aromatic heterocycles. The van der Waals surface area contributed by atoms with E-state index in [2.05, 4.69) is 15.0 Å². The van der Waals surface area contributed by atoms with Crippen LogP contribution >= 0.6 is 0 Å². The lowest BCUT2D eigenvalue weighted by atomic mass is 10.1. The van der Waals surface area contributed by atoms with Gasteiger partial charge < -0.3 is 5.11 Å². The van der Waals surface area contributed by atoms with Crippen LogP contribution in [0.4, 0.5) is 0 Å². The van der Waals surface area contributed by atoms with E-state index in [1.165, 1.54) is 0 Å². The van der Waals surface area contributed by atoms with Crippen molar-refractivity contribution in [3.63, 3.8) is 0 Å². The first-order valence-corrected chi connectivity index (χ1v) is 5.85. The summed E-state index contributed by atoms with van der Waals surface area (Å²) in [5.41, 5.74) is 1.39. The quantitative estimate of drug-likeness (QED) is 0.863. The van der Waals surface area contributed by atoms with Gasteiger partial charge in [-0.1, -0.05) is 27.7 Å². The third-order valence-electron chi connectivity index (χ3n) is 2.72. The van der Waals surface area contributed by atoms with Gasteiger partial charge in [0.1, 0.15) is 11.6 Å². The van der Waals surface area contributed by atoms with Gasteiger partial charge in [0.2, 0.25) is 0 Å². The molecule has 0 aromatic carbocycles. The van der Waals surface area contributed by atoms with Crippen molar-refractivity contribution in [2.45, 2.75) is 39.5 Å². The second kappa shape index (κ2) is 4.28. The van der Waals surface area contributed by atoms with Crippen molar-refractivity contribution in [3.8, 4) is 5.75 Å². The predicted octanol–water partition coefficient (Wildman–Crippen LogP) is 2.98. The van der Waals surface area contributed by atoms with E-state index >= 15 is 0 Å². The molecular weight excluding hydrogens is 214 g/mol. The van der Waals surface area contributed by atoms with Crippen molar-refractivity contribution in [2.75, 3.05) is 0 Å². The maximum absolute atomic E-state index is 10.1. The summed E-state index contributed by atoms with van der Waals surface area (Å²) in [5, 5.41) is 10.8. The molecule has 4 nitrogen and oxygen atoms in total. The Balaban J connectivity index is 2.64. The summed E-state index contributed by atoms with van der Waals surface area (Å²) in [4.78, 5) is 12.9. The van der Waals surface area contributed by atoms with E-state index < -0.39 is 0 Å². The van der Waals surface area contributed by atoms with Gasteiger partial charge in [-0.25, -0.2) is 9.97 Å². The van der Waals surface area contributed by atoms with Crippen LogP contribution in [0.15, 0.2) is 12.4 Å². The molecule has 0 spiro atoms. The Labute approximate surface area is 101 Å². The van der Waals surface area contributed by atoms with E-state index in [-0.39, 0.29) is 17.6 Å². The number of nitrogens with zero attached hydrogens (tertiary/aromatic N) is 3. The van der Waals surface area contributed by atoms with Gasteiger partial charge in [0, 0.05) is 12.1 Å². The van der Waals surface area contributed by atoms with Crippen LogP contribution in [0.1, 0.15) is 51.0 Å². The summed E-state index contributed by atoms with van der Waals surface area (Å²) >= 11 is 0. The van der Waals surface area contributed by atoms with Gasteiger partial charge in [0.05, 0.1) is 22.8 Å². The highest BCUT2D eigenvalue weighted by atomic mass is 16.3. The van der Waals surface area contributed by atoms with Crippen LogP contribution in [-0.4, -0.2) is 20.1 Å². The molecule has 0 unspecified atom stereocenters. The van der Waals surface area contributed by atoms with E-state index in [1.807, 2.05) is 27.7 Å². The molecular formula is C13H17N3O. The van der Waals surface area contributed by atoms with E-state index in [4.69, 9.17) is 0 Å². The lowest BCUT2D eigenvalue weighted by Gasteiger charge is -2.10. The molecule has 4 heteroatoms. The van der Waals surface area contributed by atoms with E-state index in [0.29, 0.717) is 16.6 Å². The van der Waals surface area contributed by atoms with Gasteiger partial charge >= 0.3 is 0 Å². The molecule has 0 aliphatic heterocycles. The topological polar surface area (TPSA) is 58.9 Å². The van der Waals surface area contributed by atoms with Crippen molar-refractivity contribution < 1.29 is 5.11 Å². The number of hydrogen-bond donors (Lipinski definition) is 1. The fraction of sp³-hybridized carbons (Fsp3) is 0.462. The molecule has 90 valence electrons. The molecule has 0 fully saturated rings. The molecule has 2 aromatic rings. The minimum Gasteiger partial charge on any atom is -0.505 e. The van der Waals surface area contributed by atoms with Crippen molar-refractivity contribution >= 4 is 10.9 Å². The third-order valence-corrected chi connectivity index (χ3v) is 2.72. The van der Waals surface area contributed by atoms with Crippen LogP contribution in [0.5, 0.6) is 5.75 Å². The minimum atomic E-state index is 0.184. The zero-order valence-corrected chi connectivity index (χ0v) is 10.6. The average Bonchev–Trinajstić information content (AvgIpc) is 2.28. The van der Waals surface area contributed by atoms with Gasteiger partial charge in [-0.15, -0.1) is 0 Å². The fourth-order valence-corrected chi connectivity index (χ4v) is 1.72. The Bertz CT molecular complexity index is 550. The first-order valence-electron chi connectivity index (χ1n) is 5.85. The van der Waals surface area contributed by atoms with Crippen LogP contribution in [-0.2, 0) is 0 Å². The second-order valence-electron chi connectivity index (χ2n) is 4.83. The van der Waals surface area contributed by atoms with Crippen LogP contribution in [0.25, 0.3) is 10.9 Å². The van der Waals surface area contributed by atoms with Crippen molar-refractivity contribution in [1.82, 2.24) is 15.0 Å². The Morgan fingerprint density at radius 3 is 2.29 bits per heavy atom. The Kier molecular flexibility index (Phi) is 2.96. The second-order valence-corrected chi connectivity index (χ2v) is 4.83. The molecule has 17 heavy (non-hydrogen) atoms. The monoisotopic (exact) mass is 231 g/mol. The van der Waals surface area contributed by atoms with Crippen LogP contribution in [0.2, 0.25) is 0 Å².